The van der Waals surface area contributed by atoms with Gasteiger partial charge in [0.25, 0.3) is 0 Å². The molecule has 0 radical (unpaired) electrons. The van der Waals surface area contributed by atoms with E-state index in [4.69, 9.17) is 58.2 Å². The summed E-state index contributed by atoms with van der Waals surface area (Å²) in [6.45, 7) is 8.63. The molecule has 0 fully saturated rings. The Labute approximate surface area is 235 Å². The monoisotopic (exact) mass is 585 g/mol. The van der Waals surface area contributed by atoms with Crippen LogP contribution in [0.15, 0.2) is 0 Å². The zero-order chi connectivity index (χ0) is 29.4. The fourth-order valence-corrected chi connectivity index (χ4v) is 2.55. The molecule has 40 heavy (non-hydrogen) atoms. The van der Waals surface area contributed by atoms with Crippen molar-refractivity contribution in [3.8, 4) is 0 Å². The van der Waals surface area contributed by atoms with E-state index in [0.29, 0.717) is 119 Å². The van der Waals surface area contributed by atoms with Crippen molar-refractivity contribution in [2.45, 2.75) is 12.8 Å². The summed E-state index contributed by atoms with van der Waals surface area (Å²) in [4.78, 5) is 32.6. The van der Waals surface area contributed by atoms with Gasteiger partial charge in [0, 0.05) is 13.0 Å². The maximum Gasteiger partial charge on any atom is 0.372 e. The first-order valence-electron chi connectivity index (χ1n) is 13.4. The number of carbonyl (C=O) groups excluding carboxylic acids is 2. The molecule has 0 aliphatic rings. The Kier molecular flexibility index (Phi) is 30.3. The van der Waals surface area contributed by atoms with Crippen LogP contribution in [0.1, 0.15) is 12.8 Å². The molecule has 0 bridgehead atoms. The average Bonchev–Trinajstić information content (AvgIpc) is 2.95. The van der Waals surface area contributed by atoms with Crippen LogP contribution in [0.25, 0.3) is 0 Å². The Bertz CT molecular complexity index is 596. The number of ether oxygens (including phenoxy) is 10. The van der Waals surface area contributed by atoms with Gasteiger partial charge in [0.2, 0.25) is 5.78 Å². The Morgan fingerprint density at radius 1 is 0.425 bits per heavy atom. The maximum absolute atomic E-state index is 11.3. The van der Waals surface area contributed by atoms with Crippen LogP contribution in [0.3, 0.4) is 0 Å². The normalized spacial score (nSPS) is 11.1. The standard InChI is InChI=1S/C25H47NO14/c26-3-4-31-5-6-32-7-8-33-9-10-34-11-12-35-13-14-36-15-16-37-17-18-38-19-20-39-21-22-40-24(28)2-1-23(27)25(29)30/h1-22,26H2,(H,29,30). The van der Waals surface area contributed by atoms with E-state index in [0.717, 1.165) is 0 Å². The molecular formula is C25H47NO14. The molecule has 0 aliphatic carbocycles. The van der Waals surface area contributed by atoms with Crippen molar-refractivity contribution in [3.05, 3.63) is 0 Å². The highest BCUT2D eigenvalue weighted by molar-refractivity contribution is 6.32. The number of hydrogen-bond donors (Lipinski definition) is 2. The molecule has 0 atom stereocenters. The summed E-state index contributed by atoms with van der Waals surface area (Å²) in [6.07, 6.45) is -0.656. The highest BCUT2D eigenvalue weighted by Gasteiger charge is 2.14. The lowest BCUT2D eigenvalue weighted by Gasteiger charge is -2.09. The summed E-state index contributed by atoms with van der Waals surface area (Å²) in [5.74, 6) is -3.23. The third-order valence-electron chi connectivity index (χ3n) is 4.52. The number of carboxylic acid groups (broad SMARTS) is 1. The molecule has 236 valence electrons. The summed E-state index contributed by atoms with van der Waals surface area (Å²) in [5, 5.41) is 8.42. The Morgan fingerprint density at radius 2 is 0.700 bits per heavy atom. The predicted molar refractivity (Wildman–Crippen MR) is 139 cm³/mol. The molecule has 0 aromatic rings. The molecule has 0 saturated carbocycles. The topological polar surface area (TPSA) is 190 Å². The van der Waals surface area contributed by atoms with Crippen LogP contribution < -0.4 is 5.73 Å². The first kappa shape index (κ1) is 38.2. The molecule has 3 N–H and O–H groups in total. The third kappa shape index (κ3) is 30.7. The van der Waals surface area contributed by atoms with E-state index in [1.165, 1.54) is 0 Å². The summed E-state index contributed by atoms with van der Waals surface area (Å²) in [6, 6.07) is 0. The summed E-state index contributed by atoms with van der Waals surface area (Å²) >= 11 is 0. The number of carbonyl (C=O) groups is 3. The number of aliphatic carboxylic acids is 1. The zero-order valence-corrected chi connectivity index (χ0v) is 23.4. The fraction of sp³-hybridized carbons (Fsp3) is 0.880. The second-order valence-corrected chi connectivity index (χ2v) is 7.75. The molecule has 15 nitrogen and oxygen atoms in total. The SMILES string of the molecule is NCCOCCOCCOCCOCCOCCOCCOCCOCCOCCOC(=O)CCC(=O)C(=O)O. The number of esters is 1. The Balaban J connectivity index is 3.12. The van der Waals surface area contributed by atoms with Crippen LogP contribution in [0.5, 0.6) is 0 Å². The van der Waals surface area contributed by atoms with Gasteiger partial charge < -0.3 is 58.2 Å². The molecule has 0 spiro atoms. The lowest BCUT2D eigenvalue weighted by Crippen LogP contribution is -2.17. The number of carboxylic acids is 1. The van der Waals surface area contributed by atoms with Gasteiger partial charge in [-0.05, 0) is 0 Å². The summed E-state index contributed by atoms with van der Waals surface area (Å²) in [5.41, 5.74) is 5.31. The van der Waals surface area contributed by atoms with Gasteiger partial charge in [-0.15, -0.1) is 0 Å². The van der Waals surface area contributed by atoms with Crippen LogP contribution in [0.4, 0.5) is 0 Å². The van der Waals surface area contributed by atoms with Crippen molar-refractivity contribution in [1.82, 2.24) is 0 Å². The molecule has 0 aliphatic heterocycles. The highest BCUT2D eigenvalue weighted by atomic mass is 16.6. The van der Waals surface area contributed by atoms with Crippen molar-refractivity contribution in [3.63, 3.8) is 0 Å². The van der Waals surface area contributed by atoms with E-state index in [-0.39, 0.29) is 26.1 Å². The number of nitrogens with two attached hydrogens (primary N) is 1. The van der Waals surface area contributed by atoms with Crippen molar-refractivity contribution < 1.29 is 66.9 Å². The van der Waals surface area contributed by atoms with Crippen molar-refractivity contribution in [2.75, 3.05) is 132 Å². The van der Waals surface area contributed by atoms with Crippen molar-refractivity contribution >= 4 is 17.7 Å². The molecule has 0 heterocycles. The first-order valence-corrected chi connectivity index (χ1v) is 13.4. The van der Waals surface area contributed by atoms with Crippen molar-refractivity contribution in [1.29, 1.82) is 0 Å². The highest BCUT2D eigenvalue weighted by Crippen LogP contribution is 1.95. The minimum Gasteiger partial charge on any atom is -0.476 e. The molecular weight excluding hydrogens is 538 g/mol. The molecule has 15 heteroatoms. The van der Waals surface area contributed by atoms with E-state index in [9.17, 15) is 14.4 Å². The quantitative estimate of drug-likeness (QED) is 0.0545. The van der Waals surface area contributed by atoms with E-state index >= 15 is 0 Å². The first-order chi connectivity index (χ1) is 19.6. The minimum absolute atomic E-state index is 0.0163. The molecule has 0 saturated heterocycles. The number of hydrogen-bond acceptors (Lipinski definition) is 14. The largest absolute Gasteiger partial charge is 0.476 e. The maximum atomic E-state index is 11.3. The second kappa shape index (κ2) is 31.7. The number of ketones is 1. The fourth-order valence-electron chi connectivity index (χ4n) is 2.55. The van der Waals surface area contributed by atoms with E-state index in [1.807, 2.05) is 0 Å². The third-order valence-corrected chi connectivity index (χ3v) is 4.52. The lowest BCUT2D eigenvalue weighted by molar-refractivity contribution is -0.151. The van der Waals surface area contributed by atoms with Crippen LogP contribution >= 0.6 is 0 Å². The van der Waals surface area contributed by atoms with E-state index in [2.05, 4.69) is 0 Å². The van der Waals surface area contributed by atoms with Gasteiger partial charge in [-0.1, -0.05) is 0 Å². The van der Waals surface area contributed by atoms with E-state index in [1.54, 1.807) is 0 Å². The number of Topliss-reactive ketones (excluding diaryl/α,β-unsaturated/α-hetero) is 1. The predicted octanol–water partition coefficient (Wildman–Crippen LogP) is -0.928. The van der Waals surface area contributed by atoms with Gasteiger partial charge in [0.05, 0.1) is 125 Å². The lowest BCUT2D eigenvalue weighted by atomic mass is 10.2. The second-order valence-electron chi connectivity index (χ2n) is 7.75. The van der Waals surface area contributed by atoms with Gasteiger partial charge in [0.15, 0.2) is 0 Å². The summed E-state index contributed by atoms with van der Waals surface area (Å²) in [7, 11) is 0. The van der Waals surface area contributed by atoms with Gasteiger partial charge in [0.1, 0.15) is 6.61 Å². The Hall–Kier alpha value is -1.79. The molecule has 0 aromatic carbocycles. The van der Waals surface area contributed by atoms with Gasteiger partial charge in [-0.2, -0.15) is 0 Å². The van der Waals surface area contributed by atoms with Crippen LogP contribution in [0.2, 0.25) is 0 Å². The van der Waals surface area contributed by atoms with Crippen molar-refractivity contribution in [2.24, 2.45) is 5.73 Å². The molecule has 0 aromatic heterocycles. The molecule has 0 amide bonds. The van der Waals surface area contributed by atoms with Gasteiger partial charge in [-0.25, -0.2) is 4.79 Å². The van der Waals surface area contributed by atoms with E-state index < -0.39 is 17.7 Å². The molecule has 0 rings (SSSR count). The minimum atomic E-state index is -1.56. The average molecular weight is 586 g/mol. The zero-order valence-electron chi connectivity index (χ0n) is 23.4. The van der Waals surface area contributed by atoms with Crippen LogP contribution in [-0.2, 0) is 61.8 Å². The Morgan fingerprint density at radius 3 is 0.975 bits per heavy atom. The van der Waals surface area contributed by atoms with Crippen LogP contribution in [-0.4, -0.2) is 155 Å². The van der Waals surface area contributed by atoms with Gasteiger partial charge in [-0.3, -0.25) is 9.59 Å². The van der Waals surface area contributed by atoms with Gasteiger partial charge >= 0.3 is 11.9 Å². The van der Waals surface area contributed by atoms with Crippen LogP contribution in [0, 0.1) is 0 Å². The summed E-state index contributed by atoms with van der Waals surface area (Å²) < 4.78 is 53.0. The number of rotatable bonds is 33. The molecule has 0 unspecified atom stereocenters. The smallest absolute Gasteiger partial charge is 0.372 e.